The number of carbonyl (C=O) groups excluding carboxylic acids is 1. The highest BCUT2D eigenvalue weighted by Gasteiger charge is 2.36. The monoisotopic (exact) mass is 472 g/mol. The molecule has 0 spiro atoms. The van der Waals surface area contributed by atoms with Crippen molar-refractivity contribution in [1.29, 1.82) is 0 Å². The summed E-state index contributed by atoms with van der Waals surface area (Å²) in [5, 5.41) is 10.8. The first-order chi connectivity index (χ1) is 16.6. The van der Waals surface area contributed by atoms with E-state index in [1.165, 1.54) is 0 Å². The van der Waals surface area contributed by atoms with E-state index in [4.69, 9.17) is 16.3 Å². The molecule has 172 valence electrons. The Bertz CT molecular complexity index is 1310. The molecule has 0 saturated carbocycles. The Morgan fingerprint density at radius 1 is 1.12 bits per heavy atom. The molecule has 5 nitrogen and oxygen atoms in total. The third kappa shape index (κ3) is 3.64. The summed E-state index contributed by atoms with van der Waals surface area (Å²) in [6.45, 7) is 1.31. The Balaban J connectivity index is 1.21. The minimum Gasteiger partial charge on any atom is -0.508 e. The van der Waals surface area contributed by atoms with Gasteiger partial charge < -0.3 is 14.7 Å². The molecule has 0 radical (unpaired) electrons. The lowest BCUT2D eigenvalue weighted by molar-refractivity contribution is -0.139. The summed E-state index contributed by atoms with van der Waals surface area (Å²) >= 11 is 6.49. The lowest BCUT2D eigenvalue weighted by Gasteiger charge is -2.33. The van der Waals surface area contributed by atoms with E-state index in [0.29, 0.717) is 30.3 Å². The average Bonchev–Trinajstić information content (AvgIpc) is 3.50. The second-order valence-electron chi connectivity index (χ2n) is 9.24. The molecule has 2 aromatic carbocycles. The van der Waals surface area contributed by atoms with E-state index >= 15 is 0 Å². The number of pyridine rings is 1. The fourth-order valence-corrected chi connectivity index (χ4v) is 5.74. The fourth-order valence-electron chi connectivity index (χ4n) is 5.50. The van der Waals surface area contributed by atoms with Gasteiger partial charge in [-0.25, -0.2) is 0 Å². The van der Waals surface area contributed by atoms with Crippen LogP contribution in [0, 0.1) is 0 Å². The Morgan fingerprint density at radius 2 is 1.94 bits per heavy atom. The molecule has 2 aliphatic heterocycles. The van der Waals surface area contributed by atoms with Gasteiger partial charge in [0.05, 0.1) is 5.69 Å². The second kappa shape index (κ2) is 8.48. The number of phenols is 1. The van der Waals surface area contributed by atoms with Crippen LogP contribution in [-0.2, 0) is 17.6 Å². The molecule has 1 unspecified atom stereocenters. The Hall–Kier alpha value is -3.31. The number of piperidine rings is 1. The first-order valence-electron chi connectivity index (χ1n) is 11.8. The van der Waals surface area contributed by atoms with Gasteiger partial charge in [0, 0.05) is 53.8 Å². The molecule has 1 amide bonds. The number of phenolic OH excluding ortho intramolecular Hbond substituents is 1. The number of hydrogen-bond donors (Lipinski definition) is 1. The highest BCUT2D eigenvalue weighted by atomic mass is 35.5. The van der Waals surface area contributed by atoms with Crippen LogP contribution < -0.4 is 4.74 Å². The van der Waals surface area contributed by atoms with Crippen LogP contribution in [0.1, 0.15) is 41.1 Å². The molecule has 1 fully saturated rings. The van der Waals surface area contributed by atoms with Crippen molar-refractivity contribution in [2.75, 3.05) is 13.1 Å². The van der Waals surface area contributed by atoms with E-state index < -0.39 is 6.10 Å². The number of para-hydroxylation sites is 1. The number of nitrogens with zero attached hydrogens (tertiary/aromatic N) is 2. The van der Waals surface area contributed by atoms with Crippen molar-refractivity contribution in [2.24, 2.45) is 0 Å². The van der Waals surface area contributed by atoms with Gasteiger partial charge in [0.15, 0.2) is 6.10 Å². The molecule has 6 rings (SSSR count). The summed E-state index contributed by atoms with van der Waals surface area (Å²) < 4.78 is 6.32. The predicted octanol–water partition coefficient (Wildman–Crippen LogP) is 5.39. The molecule has 34 heavy (non-hydrogen) atoms. The third-order valence-electron chi connectivity index (χ3n) is 7.21. The highest BCUT2D eigenvalue weighted by molar-refractivity contribution is 6.31. The first-order valence-corrected chi connectivity index (χ1v) is 12.2. The molecule has 6 heteroatoms. The highest BCUT2D eigenvalue weighted by Crippen LogP contribution is 2.44. The number of benzene rings is 2. The van der Waals surface area contributed by atoms with Crippen molar-refractivity contribution in [3.05, 3.63) is 82.1 Å². The topological polar surface area (TPSA) is 62.7 Å². The number of aromatic nitrogens is 1. The number of aromatic hydroxyl groups is 1. The van der Waals surface area contributed by atoms with Crippen molar-refractivity contribution in [3.63, 3.8) is 0 Å². The Labute approximate surface area is 203 Å². The van der Waals surface area contributed by atoms with Crippen LogP contribution in [0.3, 0.4) is 0 Å². The van der Waals surface area contributed by atoms with Gasteiger partial charge in [0.2, 0.25) is 0 Å². The zero-order valence-corrected chi connectivity index (χ0v) is 19.5. The number of amides is 1. The van der Waals surface area contributed by atoms with Crippen molar-refractivity contribution in [3.8, 4) is 22.6 Å². The summed E-state index contributed by atoms with van der Waals surface area (Å²) in [5.74, 6) is 1.37. The van der Waals surface area contributed by atoms with Crippen molar-refractivity contribution in [1.82, 2.24) is 9.88 Å². The SMILES string of the molecule is O=C(C1Cc2cc(Cl)cc(-c3ccnc4c3C=CC4)c2O1)N1CCC(c2ccccc2O)CC1. The van der Waals surface area contributed by atoms with E-state index in [1.807, 2.05) is 47.5 Å². The van der Waals surface area contributed by atoms with Gasteiger partial charge in [-0.05, 0) is 54.2 Å². The predicted molar refractivity (Wildman–Crippen MR) is 132 cm³/mol. The zero-order valence-electron chi connectivity index (χ0n) is 18.7. The second-order valence-corrected chi connectivity index (χ2v) is 9.67. The number of allylic oxidation sites excluding steroid dienone is 1. The van der Waals surface area contributed by atoms with E-state index in [2.05, 4.69) is 17.1 Å². The quantitative estimate of drug-likeness (QED) is 0.555. The van der Waals surface area contributed by atoms with Gasteiger partial charge in [0.25, 0.3) is 5.91 Å². The lowest BCUT2D eigenvalue weighted by atomic mass is 9.88. The average molecular weight is 473 g/mol. The molecule has 0 bridgehead atoms. The molecule has 3 aromatic rings. The summed E-state index contributed by atoms with van der Waals surface area (Å²) in [4.78, 5) is 19.8. The van der Waals surface area contributed by atoms with Crippen molar-refractivity contribution in [2.45, 2.75) is 37.7 Å². The largest absolute Gasteiger partial charge is 0.508 e. The van der Waals surface area contributed by atoms with Crippen LogP contribution in [0.5, 0.6) is 11.5 Å². The normalized spacial score (nSPS) is 19.1. The van der Waals surface area contributed by atoms with Gasteiger partial charge in [-0.1, -0.05) is 42.0 Å². The maximum atomic E-state index is 13.4. The van der Waals surface area contributed by atoms with Gasteiger partial charge in [-0.15, -0.1) is 0 Å². The molecule has 3 aliphatic rings. The number of fused-ring (bicyclic) bond motifs is 2. The van der Waals surface area contributed by atoms with E-state index in [9.17, 15) is 9.90 Å². The first kappa shape index (κ1) is 21.2. The number of ether oxygens (including phenoxy) is 1. The van der Waals surface area contributed by atoms with Crippen LogP contribution in [0.15, 0.2) is 54.7 Å². The molecule has 1 N–H and O–H groups in total. The number of hydrogen-bond acceptors (Lipinski definition) is 4. The smallest absolute Gasteiger partial charge is 0.263 e. The molecular weight excluding hydrogens is 448 g/mol. The summed E-state index contributed by atoms with van der Waals surface area (Å²) in [5.41, 5.74) is 6.03. The van der Waals surface area contributed by atoms with Gasteiger partial charge in [-0.3, -0.25) is 9.78 Å². The summed E-state index contributed by atoms with van der Waals surface area (Å²) in [6, 6.07) is 13.3. The summed E-state index contributed by atoms with van der Waals surface area (Å²) in [7, 11) is 0. The number of likely N-dealkylation sites (tertiary alicyclic amines) is 1. The third-order valence-corrected chi connectivity index (χ3v) is 7.43. The van der Waals surface area contributed by atoms with Gasteiger partial charge >= 0.3 is 0 Å². The van der Waals surface area contributed by atoms with Crippen LogP contribution in [0.4, 0.5) is 0 Å². The Kier molecular flexibility index (Phi) is 5.30. The van der Waals surface area contributed by atoms with Gasteiger partial charge in [0.1, 0.15) is 11.5 Å². The number of carbonyl (C=O) groups is 1. The molecule has 1 saturated heterocycles. The lowest BCUT2D eigenvalue weighted by Crippen LogP contribution is -2.45. The molecule has 3 heterocycles. The minimum absolute atomic E-state index is 0.0221. The van der Waals surface area contributed by atoms with E-state index in [0.717, 1.165) is 58.5 Å². The van der Waals surface area contributed by atoms with Crippen LogP contribution in [0.2, 0.25) is 5.02 Å². The van der Waals surface area contributed by atoms with E-state index in [-0.39, 0.29) is 11.8 Å². The Morgan fingerprint density at radius 3 is 2.76 bits per heavy atom. The molecular formula is C28H25ClN2O3. The molecule has 1 atom stereocenters. The maximum Gasteiger partial charge on any atom is 0.263 e. The van der Waals surface area contributed by atoms with Crippen molar-refractivity contribution >= 4 is 23.6 Å². The maximum absolute atomic E-state index is 13.4. The standard InChI is InChI=1S/C28H25ClN2O3/c29-19-14-18-15-26(28(33)31-12-9-17(10-13-31)20-4-1-2-7-25(20)32)34-27(18)23(16-19)21-8-11-30-24-6-3-5-22(21)24/h1-5,7-8,11,14,16-17,26,32H,6,9-10,12-13,15H2. The molecule has 1 aromatic heterocycles. The van der Waals surface area contributed by atoms with Crippen LogP contribution >= 0.6 is 11.6 Å². The van der Waals surface area contributed by atoms with Crippen LogP contribution in [0.25, 0.3) is 17.2 Å². The van der Waals surface area contributed by atoms with Crippen molar-refractivity contribution < 1.29 is 14.6 Å². The minimum atomic E-state index is -0.542. The fraction of sp³-hybridized carbons (Fsp3) is 0.286. The molecule has 1 aliphatic carbocycles. The number of rotatable bonds is 3. The van der Waals surface area contributed by atoms with E-state index in [1.54, 1.807) is 6.07 Å². The number of halogens is 1. The van der Waals surface area contributed by atoms with Crippen LogP contribution in [-0.4, -0.2) is 40.1 Å². The zero-order chi connectivity index (χ0) is 23.2. The summed E-state index contributed by atoms with van der Waals surface area (Å²) in [6.07, 6.45) is 8.48. The van der Waals surface area contributed by atoms with Gasteiger partial charge in [-0.2, -0.15) is 0 Å².